The molecular formula is C14H20N2O4. The van der Waals surface area contributed by atoms with Crippen molar-refractivity contribution in [2.24, 2.45) is 5.92 Å². The summed E-state index contributed by atoms with van der Waals surface area (Å²) < 4.78 is 10.8. The Bertz CT molecular complexity index is 460. The molecule has 1 N–H and O–H groups in total. The summed E-state index contributed by atoms with van der Waals surface area (Å²) >= 11 is 0. The van der Waals surface area contributed by atoms with E-state index in [0.29, 0.717) is 25.5 Å². The lowest BCUT2D eigenvalue weighted by molar-refractivity contribution is -0.385. The lowest BCUT2D eigenvalue weighted by atomic mass is 10.2. The Labute approximate surface area is 118 Å². The van der Waals surface area contributed by atoms with E-state index >= 15 is 0 Å². The van der Waals surface area contributed by atoms with Crippen molar-refractivity contribution < 1.29 is 14.4 Å². The molecule has 0 atom stereocenters. The summed E-state index contributed by atoms with van der Waals surface area (Å²) in [6.07, 6.45) is 2.57. The summed E-state index contributed by atoms with van der Waals surface area (Å²) in [6.45, 7) is 4.35. The zero-order chi connectivity index (χ0) is 14.4. The number of rotatable bonds is 9. The SMILES string of the molecule is CCOc1cc(NCCOCC2CC2)ccc1[N+](=O)[O-]. The molecule has 0 spiro atoms. The number of hydrogen-bond donors (Lipinski definition) is 1. The van der Waals surface area contributed by atoms with Crippen LogP contribution < -0.4 is 10.1 Å². The topological polar surface area (TPSA) is 73.6 Å². The second-order valence-corrected chi connectivity index (χ2v) is 4.82. The van der Waals surface area contributed by atoms with Gasteiger partial charge in [0.15, 0.2) is 5.75 Å². The maximum atomic E-state index is 10.9. The van der Waals surface area contributed by atoms with Crippen molar-refractivity contribution in [1.82, 2.24) is 0 Å². The highest BCUT2D eigenvalue weighted by atomic mass is 16.6. The van der Waals surface area contributed by atoms with Gasteiger partial charge < -0.3 is 14.8 Å². The van der Waals surface area contributed by atoms with Gasteiger partial charge in [-0.2, -0.15) is 0 Å². The van der Waals surface area contributed by atoms with E-state index in [0.717, 1.165) is 18.2 Å². The Hall–Kier alpha value is -1.82. The summed E-state index contributed by atoms with van der Waals surface area (Å²) in [5.74, 6) is 1.06. The molecule has 0 aliphatic heterocycles. The van der Waals surface area contributed by atoms with Gasteiger partial charge in [0.2, 0.25) is 0 Å². The van der Waals surface area contributed by atoms with Crippen molar-refractivity contribution in [2.75, 3.05) is 31.7 Å². The molecule has 0 unspecified atom stereocenters. The zero-order valence-electron chi connectivity index (χ0n) is 11.6. The van der Waals surface area contributed by atoms with Crippen LogP contribution in [0.5, 0.6) is 5.75 Å². The first-order valence-electron chi connectivity index (χ1n) is 6.93. The third-order valence-corrected chi connectivity index (χ3v) is 3.08. The minimum atomic E-state index is -0.437. The second-order valence-electron chi connectivity index (χ2n) is 4.82. The molecule has 1 fully saturated rings. The minimum Gasteiger partial charge on any atom is -0.487 e. The van der Waals surface area contributed by atoms with E-state index in [1.807, 2.05) is 0 Å². The Kier molecular flexibility index (Phi) is 5.17. The van der Waals surface area contributed by atoms with Crippen molar-refractivity contribution in [3.8, 4) is 5.75 Å². The molecule has 1 aromatic carbocycles. The van der Waals surface area contributed by atoms with Crippen LogP contribution in [0.15, 0.2) is 18.2 Å². The molecule has 6 nitrogen and oxygen atoms in total. The second kappa shape index (κ2) is 7.09. The quantitative estimate of drug-likeness (QED) is 0.428. The number of nitrogens with zero attached hydrogens (tertiary/aromatic N) is 1. The smallest absolute Gasteiger partial charge is 0.311 e. The number of hydrogen-bond acceptors (Lipinski definition) is 5. The van der Waals surface area contributed by atoms with Crippen molar-refractivity contribution in [2.45, 2.75) is 19.8 Å². The fourth-order valence-corrected chi connectivity index (χ4v) is 1.85. The summed E-state index contributed by atoms with van der Waals surface area (Å²) in [6, 6.07) is 4.79. The number of benzene rings is 1. The van der Waals surface area contributed by atoms with Gasteiger partial charge in [-0.1, -0.05) is 0 Å². The number of nitrogens with one attached hydrogen (secondary N) is 1. The van der Waals surface area contributed by atoms with Gasteiger partial charge in [0, 0.05) is 31.0 Å². The van der Waals surface area contributed by atoms with Crippen LogP contribution in [0.2, 0.25) is 0 Å². The first kappa shape index (κ1) is 14.6. The molecule has 0 radical (unpaired) electrons. The predicted octanol–water partition coefficient (Wildman–Crippen LogP) is 2.83. The summed E-state index contributed by atoms with van der Waals surface area (Å²) in [4.78, 5) is 10.4. The van der Waals surface area contributed by atoms with Gasteiger partial charge in [-0.15, -0.1) is 0 Å². The van der Waals surface area contributed by atoms with Gasteiger partial charge in [0.25, 0.3) is 0 Å². The van der Waals surface area contributed by atoms with Crippen LogP contribution in [-0.4, -0.2) is 31.3 Å². The van der Waals surface area contributed by atoms with Crippen LogP contribution in [0.4, 0.5) is 11.4 Å². The van der Waals surface area contributed by atoms with Gasteiger partial charge in [-0.25, -0.2) is 0 Å². The van der Waals surface area contributed by atoms with Crippen LogP contribution in [-0.2, 0) is 4.74 Å². The van der Waals surface area contributed by atoms with E-state index in [-0.39, 0.29) is 5.69 Å². The van der Waals surface area contributed by atoms with E-state index in [4.69, 9.17) is 9.47 Å². The van der Waals surface area contributed by atoms with E-state index < -0.39 is 4.92 Å². The normalized spacial score (nSPS) is 14.1. The van der Waals surface area contributed by atoms with Crippen LogP contribution in [0, 0.1) is 16.0 Å². The summed E-state index contributed by atoms with van der Waals surface area (Å²) in [5.41, 5.74) is 0.788. The van der Waals surface area contributed by atoms with Crippen LogP contribution in [0.1, 0.15) is 19.8 Å². The van der Waals surface area contributed by atoms with Gasteiger partial charge >= 0.3 is 5.69 Å². The highest BCUT2D eigenvalue weighted by molar-refractivity contribution is 5.57. The largest absolute Gasteiger partial charge is 0.487 e. The Balaban J connectivity index is 1.83. The molecule has 2 rings (SSSR count). The molecule has 1 aromatic rings. The van der Waals surface area contributed by atoms with Crippen molar-refractivity contribution in [1.29, 1.82) is 0 Å². The zero-order valence-corrected chi connectivity index (χ0v) is 11.6. The van der Waals surface area contributed by atoms with Crippen LogP contribution in [0.25, 0.3) is 0 Å². The van der Waals surface area contributed by atoms with Gasteiger partial charge in [0.1, 0.15) is 0 Å². The highest BCUT2D eigenvalue weighted by Crippen LogP contribution is 2.30. The third-order valence-electron chi connectivity index (χ3n) is 3.08. The maximum Gasteiger partial charge on any atom is 0.311 e. The first-order chi connectivity index (χ1) is 9.70. The summed E-state index contributed by atoms with van der Waals surface area (Å²) in [5, 5.41) is 14.0. The van der Waals surface area contributed by atoms with Gasteiger partial charge in [-0.05, 0) is 31.7 Å². The Morgan fingerprint density at radius 2 is 2.25 bits per heavy atom. The fraction of sp³-hybridized carbons (Fsp3) is 0.571. The lowest BCUT2D eigenvalue weighted by Gasteiger charge is -2.09. The van der Waals surface area contributed by atoms with Crippen molar-refractivity contribution >= 4 is 11.4 Å². The van der Waals surface area contributed by atoms with E-state index in [1.165, 1.54) is 18.9 Å². The molecule has 110 valence electrons. The number of ether oxygens (including phenoxy) is 2. The number of nitro groups is 1. The Morgan fingerprint density at radius 3 is 2.90 bits per heavy atom. The molecule has 1 aliphatic rings. The van der Waals surface area contributed by atoms with Gasteiger partial charge in [0.05, 0.1) is 18.1 Å². The maximum absolute atomic E-state index is 10.9. The molecule has 20 heavy (non-hydrogen) atoms. The molecule has 0 saturated heterocycles. The molecule has 0 amide bonds. The fourth-order valence-electron chi connectivity index (χ4n) is 1.85. The lowest BCUT2D eigenvalue weighted by Crippen LogP contribution is -2.10. The molecular weight excluding hydrogens is 260 g/mol. The average molecular weight is 280 g/mol. The van der Waals surface area contributed by atoms with Crippen molar-refractivity contribution in [3.05, 3.63) is 28.3 Å². The Morgan fingerprint density at radius 1 is 1.45 bits per heavy atom. The van der Waals surface area contributed by atoms with Crippen LogP contribution >= 0.6 is 0 Å². The van der Waals surface area contributed by atoms with Crippen LogP contribution in [0.3, 0.4) is 0 Å². The molecule has 0 bridgehead atoms. The van der Waals surface area contributed by atoms with E-state index in [1.54, 1.807) is 19.1 Å². The number of anilines is 1. The number of nitro benzene ring substituents is 1. The minimum absolute atomic E-state index is 0.0117. The highest BCUT2D eigenvalue weighted by Gasteiger charge is 2.20. The molecule has 1 aliphatic carbocycles. The molecule has 6 heteroatoms. The predicted molar refractivity (Wildman–Crippen MR) is 76.3 cm³/mol. The summed E-state index contributed by atoms with van der Waals surface area (Å²) in [7, 11) is 0. The first-order valence-corrected chi connectivity index (χ1v) is 6.93. The monoisotopic (exact) mass is 280 g/mol. The standard InChI is InChI=1S/C14H20N2O4/c1-2-20-14-9-12(5-6-13(14)16(17)18)15-7-8-19-10-11-3-4-11/h5-6,9,11,15H,2-4,7-8,10H2,1H3. The molecule has 1 saturated carbocycles. The molecule has 0 heterocycles. The third kappa shape index (κ3) is 4.38. The average Bonchev–Trinajstić information content (AvgIpc) is 3.23. The van der Waals surface area contributed by atoms with E-state index in [9.17, 15) is 10.1 Å². The van der Waals surface area contributed by atoms with E-state index in [2.05, 4.69) is 5.32 Å². The molecule has 0 aromatic heterocycles. The van der Waals surface area contributed by atoms with Crippen molar-refractivity contribution in [3.63, 3.8) is 0 Å². The van der Waals surface area contributed by atoms with Gasteiger partial charge in [-0.3, -0.25) is 10.1 Å².